The van der Waals surface area contributed by atoms with Gasteiger partial charge in [-0.1, -0.05) is 97.1 Å². The highest BCUT2D eigenvalue weighted by atomic mass is 32.1. The lowest BCUT2D eigenvalue weighted by atomic mass is 9.92. The molecule has 10 rings (SSSR count). The van der Waals surface area contributed by atoms with Crippen LogP contribution in [0, 0.1) is 0 Å². The average Bonchev–Trinajstić information content (AvgIpc) is 3.47. The van der Waals surface area contributed by atoms with Gasteiger partial charge in [0.15, 0.2) is 5.82 Å². The van der Waals surface area contributed by atoms with Gasteiger partial charge in [-0.3, -0.25) is 0 Å². The predicted octanol–water partition coefficient (Wildman–Crippen LogP) is 11.4. The Morgan fingerprint density at radius 1 is 0.442 bits per heavy atom. The molecule has 43 heavy (non-hydrogen) atoms. The third-order valence-electron chi connectivity index (χ3n) is 9.03. The summed E-state index contributed by atoms with van der Waals surface area (Å²) in [5.74, 6) is 0.747. The van der Waals surface area contributed by atoms with E-state index >= 15 is 0 Å². The number of hydrogen-bond donors (Lipinski definition) is 0. The minimum atomic E-state index is 0.747. The lowest BCUT2D eigenvalue weighted by Crippen LogP contribution is -1.93. The van der Waals surface area contributed by atoms with Crippen molar-refractivity contribution in [2.24, 2.45) is 0 Å². The molecule has 0 amide bonds. The molecule has 0 radical (unpaired) electrons. The van der Waals surface area contributed by atoms with Gasteiger partial charge in [-0.05, 0) is 79.2 Å². The van der Waals surface area contributed by atoms with Gasteiger partial charge in [-0.25, -0.2) is 9.97 Å². The standard InChI is InChI=1S/C40H22N2S/c1-2-10-30-28(8-1)29-9-3-4-11-32(29)39-34(30)22-41-40(42-39)26-18-16-23-15-17-24(19-27(23)20-26)33-21-25-7-5-13-35-37(25)38-31(33)12-6-14-36(38)43-35/h1-22H. The maximum atomic E-state index is 5.19. The van der Waals surface area contributed by atoms with Crippen LogP contribution in [0.15, 0.2) is 134 Å². The fourth-order valence-corrected chi connectivity index (χ4v) is 8.23. The van der Waals surface area contributed by atoms with Crippen molar-refractivity contribution in [1.82, 2.24) is 9.97 Å². The number of rotatable bonds is 2. The number of nitrogens with zero attached hydrogens (tertiary/aromatic N) is 2. The zero-order chi connectivity index (χ0) is 28.1. The van der Waals surface area contributed by atoms with Crippen LogP contribution in [0.1, 0.15) is 0 Å². The normalized spacial score (nSPS) is 12.2. The molecule has 0 atom stereocenters. The molecule has 2 aromatic heterocycles. The van der Waals surface area contributed by atoms with E-state index in [1.165, 1.54) is 69.0 Å². The summed E-state index contributed by atoms with van der Waals surface area (Å²) in [5, 5.41) is 13.7. The summed E-state index contributed by atoms with van der Waals surface area (Å²) < 4.78 is 2.71. The van der Waals surface area contributed by atoms with Crippen LogP contribution in [0.5, 0.6) is 0 Å². The quantitative estimate of drug-likeness (QED) is 0.196. The lowest BCUT2D eigenvalue weighted by molar-refractivity contribution is 1.24. The third-order valence-corrected chi connectivity index (χ3v) is 10.2. The molecule has 0 aliphatic carbocycles. The van der Waals surface area contributed by atoms with Crippen LogP contribution in [0.4, 0.5) is 0 Å². The first-order chi connectivity index (χ1) is 21.3. The Hall–Kier alpha value is -5.38. The van der Waals surface area contributed by atoms with Crippen LogP contribution in [0.3, 0.4) is 0 Å². The van der Waals surface area contributed by atoms with Crippen molar-refractivity contribution in [3.05, 3.63) is 134 Å². The van der Waals surface area contributed by atoms with E-state index in [1.54, 1.807) is 0 Å². The molecule has 2 nitrogen and oxygen atoms in total. The van der Waals surface area contributed by atoms with Crippen molar-refractivity contribution in [2.75, 3.05) is 0 Å². The summed E-state index contributed by atoms with van der Waals surface area (Å²) in [6.45, 7) is 0. The zero-order valence-corrected chi connectivity index (χ0v) is 23.8. The second-order valence-corrected chi connectivity index (χ2v) is 12.5. The van der Waals surface area contributed by atoms with Crippen LogP contribution in [0.2, 0.25) is 0 Å². The van der Waals surface area contributed by atoms with E-state index in [1.807, 2.05) is 17.5 Å². The fourth-order valence-electron chi connectivity index (χ4n) is 7.06. The molecule has 0 aliphatic rings. The van der Waals surface area contributed by atoms with Crippen molar-refractivity contribution in [2.45, 2.75) is 0 Å². The van der Waals surface area contributed by atoms with Crippen molar-refractivity contribution >= 4 is 85.5 Å². The lowest BCUT2D eigenvalue weighted by Gasteiger charge is -2.12. The molecule has 0 aliphatic heterocycles. The molecular weight excluding hydrogens is 541 g/mol. The van der Waals surface area contributed by atoms with Crippen molar-refractivity contribution in [3.8, 4) is 22.5 Å². The second kappa shape index (κ2) is 8.57. The van der Waals surface area contributed by atoms with E-state index in [-0.39, 0.29) is 0 Å². The Morgan fingerprint density at radius 3 is 1.93 bits per heavy atom. The maximum absolute atomic E-state index is 5.19. The Labute approximate surface area is 250 Å². The van der Waals surface area contributed by atoms with Gasteiger partial charge in [0.25, 0.3) is 0 Å². The molecule has 8 aromatic carbocycles. The van der Waals surface area contributed by atoms with E-state index in [0.717, 1.165) is 27.7 Å². The van der Waals surface area contributed by atoms with E-state index < -0.39 is 0 Å². The number of thiophene rings is 1. The number of hydrogen-bond acceptors (Lipinski definition) is 3. The summed E-state index contributed by atoms with van der Waals surface area (Å²) in [5.41, 5.74) is 4.52. The summed E-state index contributed by atoms with van der Waals surface area (Å²) in [4.78, 5) is 10.1. The van der Waals surface area contributed by atoms with Crippen LogP contribution in [0.25, 0.3) is 96.7 Å². The Bertz CT molecular complexity index is 2700. The number of fused-ring (bicyclic) bond motifs is 7. The summed E-state index contributed by atoms with van der Waals surface area (Å²) in [7, 11) is 0. The van der Waals surface area contributed by atoms with Gasteiger partial charge in [0.2, 0.25) is 0 Å². The molecule has 0 saturated carbocycles. The molecule has 198 valence electrons. The van der Waals surface area contributed by atoms with Crippen molar-refractivity contribution < 1.29 is 0 Å². The molecule has 0 fully saturated rings. The van der Waals surface area contributed by atoms with Gasteiger partial charge in [-0.2, -0.15) is 0 Å². The zero-order valence-electron chi connectivity index (χ0n) is 23.0. The van der Waals surface area contributed by atoms with Crippen LogP contribution < -0.4 is 0 Å². The largest absolute Gasteiger partial charge is 0.236 e. The van der Waals surface area contributed by atoms with Crippen molar-refractivity contribution in [3.63, 3.8) is 0 Å². The van der Waals surface area contributed by atoms with E-state index in [9.17, 15) is 0 Å². The van der Waals surface area contributed by atoms with Gasteiger partial charge < -0.3 is 0 Å². The smallest absolute Gasteiger partial charge is 0.159 e. The highest BCUT2D eigenvalue weighted by Gasteiger charge is 2.16. The molecule has 2 heterocycles. The first-order valence-corrected chi connectivity index (χ1v) is 15.4. The first-order valence-electron chi connectivity index (χ1n) is 14.6. The number of benzene rings is 8. The molecule has 0 saturated heterocycles. The van der Waals surface area contributed by atoms with Crippen LogP contribution >= 0.6 is 11.3 Å². The molecule has 3 heteroatoms. The van der Waals surface area contributed by atoms with Gasteiger partial charge in [0, 0.05) is 42.7 Å². The summed E-state index contributed by atoms with van der Waals surface area (Å²) in [6, 6.07) is 46.2. The summed E-state index contributed by atoms with van der Waals surface area (Å²) in [6.07, 6.45) is 2.00. The minimum absolute atomic E-state index is 0.747. The molecule has 0 spiro atoms. The maximum Gasteiger partial charge on any atom is 0.159 e. The SMILES string of the molecule is c1cc2cc(-c3ccc4ccc(-c5ncc6c7ccccc7c7ccccc7c6n5)cc4c3)c3cccc4sc(c1)c2c43. The minimum Gasteiger partial charge on any atom is -0.236 e. The highest BCUT2D eigenvalue weighted by Crippen LogP contribution is 2.45. The van der Waals surface area contributed by atoms with Crippen LogP contribution in [-0.4, -0.2) is 9.97 Å². The van der Waals surface area contributed by atoms with E-state index in [2.05, 4.69) is 127 Å². The van der Waals surface area contributed by atoms with Gasteiger partial charge in [0.05, 0.1) is 5.52 Å². The molecule has 0 N–H and O–H groups in total. The molecular formula is C40H22N2S. The highest BCUT2D eigenvalue weighted by molar-refractivity contribution is 7.26. The first kappa shape index (κ1) is 23.2. The van der Waals surface area contributed by atoms with E-state index in [4.69, 9.17) is 9.97 Å². The Kier molecular flexibility index (Phi) is 4.63. The van der Waals surface area contributed by atoms with Crippen molar-refractivity contribution in [1.29, 1.82) is 0 Å². The monoisotopic (exact) mass is 562 g/mol. The number of aromatic nitrogens is 2. The topological polar surface area (TPSA) is 25.8 Å². The molecule has 0 unspecified atom stereocenters. The third kappa shape index (κ3) is 3.28. The molecule has 0 bridgehead atoms. The Balaban J connectivity index is 1.17. The van der Waals surface area contributed by atoms with Crippen LogP contribution in [-0.2, 0) is 0 Å². The molecule has 10 aromatic rings. The average molecular weight is 563 g/mol. The second-order valence-electron chi connectivity index (χ2n) is 11.4. The summed E-state index contributed by atoms with van der Waals surface area (Å²) >= 11 is 1.88. The van der Waals surface area contributed by atoms with E-state index in [0.29, 0.717) is 0 Å². The predicted molar refractivity (Wildman–Crippen MR) is 185 cm³/mol. The fraction of sp³-hybridized carbons (Fsp3) is 0. The van der Waals surface area contributed by atoms with Gasteiger partial charge >= 0.3 is 0 Å². The van der Waals surface area contributed by atoms with Gasteiger partial charge in [-0.15, -0.1) is 11.3 Å². The Morgan fingerprint density at radius 2 is 1.09 bits per heavy atom. The van der Waals surface area contributed by atoms with Gasteiger partial charge in [0.1, 0.15) is 0 Å².